The van der Waals surface area contributed by atoms with Crippen molar-refractivity contribution in [1.82, 2.24) is 9.78 Å². The van der Waals surface area contributed by atoms with Crippen LogP contribution in [-0.2, 0) is 6.42 Å². The zero-order valence-electron chi connectivity index (χ0n) is 12.1. The minimum Gasteiger partial charge on any atom is -0.495 e. The normalized spacial score (nSPS) is 11.0. The summed E-state index contributed by atoms with van der Waals surface area (Å²) < 4.78 is 7.15. The molecule has 108 valence electrons. The summed E-state index contributed by atoms with van der Waals surface area (Å²) in [5.41, 5.74) is 0.817. The minimum atomic E-state index is 0.0617. The van der Waals surface area contributed by atoms with Crippen LogP contribution in [0.15, 0.2) is 23.7 Å². The van der Waals surface area contributed by atoms with E-state index in [1.165, 1.54) is 11.3 Å². The van der Waals surface area contributed by atoms with Crippen molar-refractivity contribution in [2.45, 2.75) is 39.2 Å². The van der Waals surface area contributed by atoms with Crippen LogP contribution in [0, 0.1) is 0 Å². The second-order valence-corrected chi connectivity index (χ2v) is 5.59. The molecule has 0 atom stereocenters. The Hall–Kier alpha value is -1.62. The van der Waals surface area contributed by atoms with Crippen LogP contribution in [-0.4, -0.2) is 22.7 Å². The number of hydrogen-bond acceptors (Lipinski definition) is 4. The molecule has 0 N–H and O–H groups in total. The number of Topliss-reactive ketones (excluding diaryl/α,β-unsaturated/α-hetero) is 1. The van der Waals surface area contributed by atoms with Gasteiger partial charge in [0.2, 0.25) is 0 Å². The quantitative estimate of drug-likeness (QED) is 0.730. The zero-order valence-corrected chi connectivity index (χ0v) is 12.9. The first-order valence-corrected chi connectivity index (χ1v) is 7.76. The van der Waals surface area contributed by atoms with E-state index < -0.39 is 0 Å². The number of carbonyl (C=O) groups is 1. The van der Waals surface area contributed by atoms with Crippen LogP contribution in [0.3, 0.4) is 0 Å². The monoisotopic (exact) mass is 292 g/mol. The number of rotatable bonds is 7. The molecular formula is C15H20N2O2S. The Morgan fingerprint density at radius 1 is 1.40 bits per heavy atom. The van der Waals surface area contributed by atoms with Crippen molar-refractivity contribution in [2.75, 3.05) is 7.11 Å². The molecule has 0 unspecified atom stereocenters. The third-order valence-electron chi connectivity index (χ3n) is 3.42. The summed E-state index contributed by atoms with van der Waals surface area (Å²) in [6.45, 7) is 4.30. The highest BCUT2D eigenvalue weighted by Gasteiger charge is 2.16. The van der Waals surface area contributed by atoms with Crippen molar-refractivity contribution in [3.63, 3.8) is 0 Å². The number of ether oxygens (including phenoxy) is 1. The lowest BCUT2D eigenvalue weighted by Crippen LogP contribution is -2.09. The Bertz CT molecular complexity index is 570. The largest absolute Gasteiger partial charge is 0.495 e. The van der Waals surface area contributed by atoms with Gasteiger partial charge < -0.3 is 4.74 Å². The van der Waals surface area contributed by atoms with Gasteiger partial charge in [0.1, 0.15) is 10.6 Å². The van der Waals surface area contributed by atoms with Crippen LogP contribution in [0.25, 0.3) is 0 Å². The molecule has 0 spiro atoms. The Labute approximate surface area is 123 Å². The average molecular weight is 292 g/mol. The summed E-state index contributed by atoms with van der Waals surface area (Å²) in [7, 11) is 1.58. The third-order valence-corrected chi connectivity index (χ3v) is 4.36. The summed E-state index contributed by atoms with van der Waals surface area (Å²) in [6.07, 6.45) is 4.38. The molecule has 0 fully saturated rings. The zero-order chi connectivity index (χ0) is 14.5. The maximum atomic E-state index is 12.3. The van der Waals surface area contributed by atoms with Crippen molar-refractivity contribution in [3.8, 4) is 5.75 Å². The van der Waals surface area contributed by atoms with E-state index in [9.17, 15) is 4.79 Å². The van der Waals surface area contributed by atoms with E-state index in [1.54, 1.807) is 7.11 Å². The van der Waals surface area contributed by atoms with Gasteiger partial charge in [0.15, 0.2) is 5.78 Å². The molecule has 2 rings (SSSR count). The molecule has 0 saturated heterocycles. The van der Waals surface area contributed by atoms with Crippen LogP contribution in [0.1, 0.15) is 48.1 Å². The fraction of sp³-hybridized carbons (Fsp3) is 0.467. The highest BCUT2D eigenvalue weighted by atomic mass is 32.1. The molecule has 2 aromatic rings. The smallest absolute Gasteiger partial charge is 0.182 e. The highest BCUT2D eigenvalue weighted by molar-refractivity contribution is 7.12. The number of methoxy groups -OCH3 is 1. The van der Waals surface area contributed by atoms with E-state index >= 15 is 0 Å². The predicted molar refractivity (Wildman–Crippen MR) is 80.8 cm³/mol. The second kappa shape index (κ2) is 6.70. The van der Waals surface area contributed by atoms with E-state index in [0.29, 0.717) is 23.1 Å². The third kappa shape index (κ3) is 3.10. The lowest BCUT2D eigenvalue weighted by atomic mass is 10.2. The van der Waals surface area contributed by atoms with Crippen LogP contribution in [0.4, 0.5) is 0 Å². The van der Waals surface area contributed by atoms with Crippen LogP contribution in [0.5, 0.6) is 5.75 Å². The lowest BCUT2D eigenvalue weighted by molar-refractivity contribution is 0.0993. The molecule has 2 heterocycles. The van der Waals surface area contributed by atoms with E-state index in [0.717, 1.165) is 18.5 Å². The van der Waals surface area contributed by atoms with Gasteiger partial charge in [-0.2, -0.15) is 5.10 Å². The molecule has 0 aromatic carbocycles. The number of hydrogen-bond donors (Lipinski definition) is 0. The van der Waals surface area contributed by atoms with E-state index in [4.69, 9.17) is 4.74 Å². The number of aromatic nitrogens is 2. The van der Waals surface area contributed by atoms with Gasteiger partial charge in [-0.25, -0.2) is 0 Å². The van der Waals surface area contributed by atoms with Crippen LogP contribution in [0.2, 0.25) is 0 Å². The van der Waals surface area contributed by atoms with Crippen molar-refractivity contribution in [3.05, 3.63) is 34.3 Å². The fourth-order valence-electron chi connectivity index (χ4n) is 2.24. The van der Waals surface area contributed by atoms with Crippen molar-refractivity contribution < 1.29 is 9.53 Å². The topological polar surface area (TPSA) is 44.1 Å². The first-order valence-electron chi connectivity index (χ1n) is 6.88. The number of ketones is 1. The summed E-state index contributed by atoms with van der Waals surface area (Å²) in [4.78, 5) is 12.9. The van der Waals surface area contributed by atoms with Gasteiger partial charge in [0.05, 0.1) is 25.3 Å². The Kier molecular flexibility index (Phi) is 4.95. The molecule has 5 heteroatoms. The van der Waals surface area contributed by atoms with Crippen LogP contribution < -0.4 is 4.74 Å². The molecule has 20 heavy (non-hydrogen) atoms. The first-order chi connectivity index (χ1) is 9.69. The summed E-state index contributed by atoms with van der Waals surface area (Å²) in [5, 5.41) is 6.39. The first kappa shape index (κ1) is 14.8. The Morgan fingerprint density at radius 3 is 2.80 bits per heavy atom. The van der Waals surface area contributed by atoms with Crippen molar-refractivity contribution in [2.24, 2.45) is 0 Å². The fourth-order valence-corrected chi connectivity index (χ4v) is 3.04. The molecular weight excluding hydrogens is 272 g/mol. The standard InChI is InChI=1S/C15H20N2O2S/c1-4-12(5-2)17-8-6-11(16-17)10-13(18)15-14(19-3)7-9-20-15/h6-9,12H,4-5,10H2,1-3H3. The van der Waals surface area contributed by atoms with E-state index in [-0.39, 0.29) is 5.78 Å². The van der Waals surface area contributed by atoms with E-state index in [1.807, 2.05) is 28.4 Å². The number of carbonyl (C=O) groups excluding carboxylic acids is 1. The van der Waals surface area contributed by atoms with Crippen molar-refractivity contribution in [1.29, 1.82) is 0 Å². The lowest BCUT2D eigenvalue weighted by Gasteiger charge is -2.12. The van der Waals surface area contributed by atoms with Gasteiger partial charge in [0, 0.05) is 6.20 Å². The molecule has 0 aliphatic rings. The van der Waals surface area contributed by atoms with Gasteiger partial charge in [-0.15, -0.1) is 11.3 Å². The van der Waals surface area contributed by atoms with Gasteiger partial charge in [0.25, 0.3) is 0 Å². The SMILES string of the molecule is CCC(CC)n1ccc(CC(=O)c2sccc2OC)n1. The Morgan fingerprint density at radius 2 is 2.15 bits per heavy atom. The summed E-state index contributed by atoms with van der Waals surface area (Å²) in [6, 6.07) is 4.16. The minimum absolute atomic E-state index is 0.0617. The van der Waals surface area contributed by atoms with Gasteiger partial charge in [-0.3, -0.25) is 9.48 Å². The molecule has 2 aromatic heterocycles. The highest BCUT2D eigenvalue weighted by Crippen LogP contribution is 2.26. The van der Waals surface area contributed by atoms with Gasteiger partial charge in [-0.1, -0.05) is 13.8 Å². The molecule has 0 saturated carbocycles. The number of thiophene rings is 1. The molecule has 4 nitrogen and oxygen atoms in total. The second-order valence-electron chi connectivity index (χ2n) is 4.68. The molecule has 0 aliphatic heterocycles. The Balaban J connectivity index is 2.09. The maximum absolute atomic E-state index is 12.3. The predicted octanol–water partition coefficient (Wildman–Crippen LogP) is 3.74. The molecule has 0 amide bonds. The molecule has 0 radical (unpaired) electrons. The summed E-state index contributed by atoms with van der Waals surface area (Å²) >= 11 is 1.41. The van der Waals surface area contributed by atoms with Crippen molar-refractivity contribution >= 4 is 17.1 Å². The molecule has 0 aliphatic carbocycles. The van der Waals surface area contributed by atoms with Gasteiger partial charge in [-0.05, 0) is 30.4 Å². The summed E-state index contributed by atoms with van der Waals surface area (Å²) in [5.74, 6) is 0.714. The molecule has 0 bridgehead atoms. The maximum Gasteiger partial charge on any atom is 0.182 e. The number of nitrogens with zero attached hydrogens (tertiary/aromatic N) is 2. The van der Waals surface area contributed by atoms with Gasteiger partial charge >= 0.3 is 0 Å². The average Bonchev–Trinajstić information content (AvgIpc) is 3.09. The van der Waals surface area contributed by atoms with E-state index in [2.05, 4.69) is 18.9 Å². The van der Waals surface area contributed by atoms with Crippen LogP contribution >= 0.6 is 11.3 Å².